The number of carbonyl (C=O) groups is 1. The first-order valence-electron chi connectivity index (χ1n) is 3.88. The Kier molecular flexibility index (Phi) is 1.75. The Morgan fingerprint density at radius 2 is 2.17 bits per heavy atom. The summed E-state index contributed by atoms with van der Waals surface area (Å²) in [6, 6.07) is 0. The molecule has 0 atom stereocenters. The standard InChI is InChI=1S/C7H10N2O2S/c8-5-7(11-6(10)9-5)1-3-12-4-2-7/h1-4H2,(H2,8,9,10). The van der Waals surface area contributed by atoms with Crippen LogP contribution in [0.5, 0.6) is 0 Å². The van der Waals surface area contributed by atoms with Crippen molar-refractivity contribution in [1.82, 2.24) is 0 Å². The van der Waals surface area contributed by atoms with Crippen LogP contribution in [-0.4, -0.2) is 29.0 Å². The second kappa shape index (κ2) is 2.65. The van der Waals surface area contributed by atoms with E-state index in [1.807, 2.05) is 11.8 Å². The average molecular weight is 186 g/mol. The lowest BCUT2D eigenvalue weighted by Crippen LogP contribution is -2.45. The van der Waals surface area contributed by atoms with Crippen LogP contribution in [0.2, 0.25) is 0 Å². The van der Waals surface area contributed by atoms with Crippen molar-refractivity contribution < 1.29 is 9.53 Å². The predicted octanol–water partition coefficient (Wildman–Crippen LogP) is 0.760. The fraction of sp³-hybridized carbons (Fsp3) is 0.714. The van der Waals surface area contributed by atoms with Crippen molar-refractivity contribution in [2.24, 2.45) is 10.7 Å². The molecule has 2 N–H and O–H groups in total. The number of rotatable bonds is 0. The van der Waals surface area contributed by atoms with Crippen LogP contribution < -0.4 is 5.73 Å². The van der Waals surface area contributed by atoms with Crippen LogP contribution in [0.25, 0.3) is 0 Å². The minimum atomic E-state index is -0.539. The molecule has 1 spiro atoms. The van der Waals surface area contributed by atoms with E-state index in [1.165, 1.54) is 0 Å². The first kappa shape index (κ1) is 7.91. The Hall–Kier alpha value is -0.710. The van der Waals surface area contributed by atoms with Crippen molar-refractivity contribution in [2.45, 2.75) is 18.4 Å². The minimum Gasteiger partial charge on any atom is -0.433 e. The molecule has 66 valence electrons. The van der Waals surface area contributed by atoms with Crippen molar-refractivity contribution in [2.75, 3.05) is 11.5 Å². The van der Waals surface area contributed by atoms with Crippen molar-refractivity contribution in [3.05, 3.63) is 0 Å². The number of hydrogen-bond donors (Lipinski definition) is 1. The molecule has 5 heteroatoms. The SMILES string of the molecule is NC1=NC(=O)OC12CCSCC2. The molecule has 0 unspecified atom stereocenters. The average Bonchev–Trinajstić information content (AvgIpc) is 2.29. The molecule has 1 saturated heterocycles. The van der Waals surface area contributed by atoms with E-state index in [4.69, 9.17) is 10.5 Å². The molecule has 2 aliphatic rings. The second-order valence-electron chi connectivity index (χ2n) is 2.97. The van der Waals surface area contributed by atoms with E-state index in [-0.39, 0.29) is 0 Å². The van der Waals surface area contributed by atoms with Gasteiger partial charge in [0, 0.05) is 12.8 Å². The van der Waals surface area contributed by atoms with Gasteiger partial charge in [0.2, 0.25) is 0 Å². The Morgan fingerprint density at radius 1 is 1.50 bits per heavy atom. The van der Waals surface area contributed by atoms with Crippen LogP contribution >= 0.6 is 11.8 Å². The minimum absolute atomic E-state index is 0.368. The van der Waals surface area contributed by atoms with Gasteiger partial charge < -0.3 is 10.5 Å². The smallest absolute Gasteiger partial charge is 0.433 e. The molecule has 0 aliphatic carbocycles. The van der Waals surface area contributed by atoms with Gasteiger partial charge in [-0.2, -0.15) is 16.8 Å². The topological polar surface area (TPSA) is 64.7 Å². The van der Waals surface area contributed by atoms with Gasteiger partial charge in [0.1, 0.15) is 0 Å². The van der Waals surface area contributed by atoms with Crippen molar-refractivity contribution in [3.63, 3.8) is 0 Å². The molecule has 0 bridgehead atoms. The lowest BCUT2D eigenvalue weighted by Gasteiger charge is -2.30. The summed E-state index contributed by atoms with van der Waals surface area (Å²) in [5, 5.41) is 0. The van der Waals surface area contributed by atoms with Crippen molar-refractivity contribution in [3.8, 4) is 0 Å². The lowest BCUT2D eigenvalue weighted by molar-refractivity contribution is 0.0751. The third-order valence-corrected chi connectivity index (χ3v) is 3.25. The molecular formula is C7H10N2O2S. The summed E-state index contributed by atoms with van der Waals surface area (Å²) in [4.78, 5) is 14.4. The molecule has 2 heterocycles. The van der Waals surface area contributed by atoms with E-state index in [9.17, 15) is 4.79 Å². The van der Waals surface area contributed by atoms with Crippen LogP contribution in [0.15, 0.2) is 4.99 Å². The first-order chi connectivity index (χ1) is 5.73. The molecule has 0 aromatic carbocycles. The van der Waals surface area contributed by atoms with Gasteiger partial charge in [-0.3, -0.25) is 0 Å². The first-order valence-corrected chi connectivity index (χ1v) is 5.04. The van der Waals surface area contributed by atoms with Crippen LogP contribution in [0.1, 0.15) is 12.8 Å². The molecule has 2 aliphatic heterocycles. The fourth-order valence-corrected chi connectivity index (χ4v) is 2.65. The number of thioether (sulfide) groups is 1. The molecule has 1 amide bonds. The normalized spacial score (nSPS) is 27.0. The highest BCUT2D eigenvalue weighted by molar-refractivity contribution is 7.99. The third kappa shape index (κ3) is 1.08. The molecule has 0 aromatic heterocycles. The van der Waals surface area contributed by atoms with Gasteiger partial charge in [-0.15, -0.1) is 0 Å². The maximum Gasteiger partial charge on any atom is 0.436 e. The summed E-state index contributed by atoms with van der Waals surface area (Å²) in [5.74, 6) is 2.35. The number of aliphatic imine (C=N–C) groups is 1. The summed E-state index contributed by atoms with van der Waals surface area (Å²) in [6.45, 7) is 0. The number of carbonyl (C=O) groups excluding carboxylic acids is 1. The molecule has 12 heavy (non-hydrogen) atoms. The quantitative estimate of drug-likeness (QED) is 0.606. The summed E-state index contributed by atoms with van der Waals surface area (Å²) in [5.41, 5.74) is 5.09. The molecule has 0 aromatic rings. The molecule has 0 saturated carbocycles. The summed E-state index contributed by atoms with van der Waals surface area (Å²) in [6.07, 6.45) is 1.08. The summed E-state index contributed by atoms with van der Waals surface area (Å²) < 4.78 is 5.12. The number of nitrogens with two attached hydrogens (primary N) is 1. The third-order valence-electron chi connectivity index (χ3n) is 2.26. The highest BCUT2D eigenvalue weighted by Gasteiger charge is 2.44. The van der Waals surface area contributed by atoms with Gasteiger partial charge in [-0.1, -0.05) is 0 Å². The van der Waals surface area contributed by atoms with Crippen LogP contribution in [0.4, 0.5) is 4.79 Å². The van der Waals surface area contributed by atoms with Gasteiger partial charge in [0.15, 0.2) is 11.4 Å². The van der Waals surface area contributed by atoms with Gasteiger partial charge >= 0.3 is 6.09 Å². The highest BCUT2D eigenvalue weighted by Crippen LogP contribution is 2.33. The van der Waals surface area contributed by atoms with Gasteiger partial charge in [0.25, 0.3) is 0 Å². The van der Waals surface area contributed by atoms with E-state index in [0.717, 1.165) is 24.3 Å². The van der Waals surface area contributed by atoms with Gasteiger partial charge in [0.05, 0.1) is 0 Å². The van der Waals surface area contributed by atoms with Crippen LogP contribution in [0.3, 0.4) is 0 Å². The van der Waals surface area contributed by atoms with E-state index < -0.39 is 11.7 Å². The van der Waals surface area contributed by atoms with E-state index in [1.54, 1.807) is 0 Å². The number of amides is 1. The highest BCUT2D eigenvalue weighted by atomic mass is 32.2. The largest absolute Gasteiger partial charge is 0.436 e. The Bertz CT molecular complexity index is 246. The van der Waals surface area contributed by atoms with E-state index in [2.05, 4.69) is 4.99 Å². The van der Waals surface area contributed by atoms with Crippen LogP contribution in [-0.2, 0) is 4.74 Å². The van der Waals surface area contributed by atoms with Crippen molar-refractivity contribution >= 4 is 23.7 Å². The second-order valence-corrected chi connectivity index (χ2v) is 4.20. The number of hydrogen-bond acceptors (Lipinski definition) is 4. The number of ether oxygens (including phenoxy) is 1. The maximum atomic E-state index is 10.8. The monoisotopic (exact) mass is 186 g/mol. The number of amidine groups is 1. The molecule has 1 fully saturated rings. The fourth-order valence-electron chi connectivity index (χ4n) is 1.50. The molecule has 2 rings (SSSR count). The summed E-state index contributed by atoms with van der Waals surface area (Å²) >= 11 is 1.86. The Balaban J connectivity index is 2.21. The Morgan fingerprint density at radius 3 is 2.67 bits per heavy atom. The maximum absolute atomic E-state index is 10.8. The zero-order chi connectivity index (χ0) is 8.60. The number of nitrogens with zero attached hydrogens (tertiary/aromatic N) is 1. The van der Waals surface area contributed by atoms with Gasteiger partial charge in [-0.25, -0.2) is 4.79 Å². The van der Waals surface area contributed by atoms with E-state index >= 15 is 0 Å². The molecule has 0 radical (unpaired) electrons. The predicted molar refractivity (Wildman–Crippen MR) is 47.4 cm³/mol. The molecular weight excluding hydrogens is 176 g/mol. The molecule has 4 nitrogen and oxygen atoms in total. The summed E-state index contributed by atoms with van der Waals surface area (Å²) in [7, 11) is 0. The van der Waals surface area contributed by atoms with Gasteiger partial charge in [-0.05, 0) is 11.5 Å². The van der Waals surface area contributed by atoms with Crippen LogP contribution in [0, 0.1) is 0 Å². The Labute approximate surface area is 74.6 Å². The zero-order valence-electron chi connectivity index (χ0n) is 6.58. The zero-order valence-corrected chi connectivity index (χ0v) is 7.39. The van der Waals surface area contributed by atoms with Crippen molar-refractivity contribution in [1.29, 1.82) is 0 Å². The van der Waals surface area contributed by atoms with E-state index in [0.29, 0.717) is 5.84 Å². The lowest BCUT2D eigenvalue weighted by atomic mass is 9.96.